The molecule has 0 aliphatic carbocycles. The van der Waals surface area contributed by atoms with Gasteiger partial charge in [-0.2, -0.15) is 0 Å². The summed E-state index contributed by atoms with van der Waals surface area (Å²) in [6.07, 6.45) is 3.75. The highest BCUT2D eigenvalue weighted by atomic mass is 19.3. The van der Waals surface area contributed by atoms with E-state index >= 15 is 0 Å². The number of carbonyl (C=O) groups is 1. The fraction of sp³-hybridized carbons (Fsp3) is 0.125. The van der Waals surface area contributed by atoms with Gasteiger partial charge in [0.1, 0.15) is 0 Å². The number of aryl methyl sites for hydroxylation is 1. The first-order chi connectivity index (χ1) is 16.5. The van der Waals surface area contributed by atoms with Crippen molar-refractivity contribution in [1.29, 1.82) is 0 Å². The van der Waals surface area contributed by atoms with Crippen LogP contribution in [0.5, 0.6) is 5.88 Å². The summed E-state index contributed by atoms with van der Waals surface area (Å²) in [4.78, 5) is 29.4. The average molecular weight is 462 g/mol. The summed E-state index contributed by atoms with van der Waals surface area (Å²) in [6, 6.07) is 13.6. The van der Waals surface area contributed by atoms with E-state index in [0.29, 0.717) is 17.3 Å². The second kappa shape index (κ2) is 10.4. The fourth-order valence-corrected chi connectivity index (χ4v) is 3.03. The molecule has 3 aromatic heterocycles. The number of aromatic nitrogens is 4. The smallest absolute Gasteiger partial charge is 0.272 e. The van der Waals surface area contributed by atoms with Crippen LogP contribution in [0, 0.1) is 6.92 Å². The lowest BCUT2D eigenvalue weighted by atomic mass is 10.1. The van der Waals surface area contributed by atoms with Gasteiger partial charge in [-0.25, -0.2) is 23.7 Å². The zero-order valence-electron chi connectivity index (χ0n) is 18.1. The Kier molecular flexibility index (Phi) is 6.97. The predicted molar refractivity (Wildman–Crippen MR) is 123 cm³/mol. The number of hydrogen-bond acceptors (Lipinski definition) is 7. The monoisotopic (exact) mass is 462 g/mol. The van der Waals surface area contributed by atoms with Crippen molar-refractivity contribution in [2.24, 2.45) is 0 Å². The van der Waals surface area contributed by atoms with Gasteiger partial charge >= 0.3 is 0 Å². The highest BCUT2D eigenvalue weighted by molar-refractivity contribution is 6.04. The number of nitrogens with zero attached hydrogens (tertiary/aromatic N) is 4. The van der Waals surface area contributed by atoms with Gasteiger partial charge in [-0.05, 0) is 48.9 Å². The number of nitrogens with one attached hydrogen (secondary N) is 2. The Hall–Kier alpha value is -4.47. The van der Waals surface area contributed by atoms with Gasteiger partial charge in [0.15, 0.2) is 6.61 Å². The zero-order valence-corrected chi connectivity index (χ0v) is 18.1. The molecule has 0 unspecified atom stereocenters. The molecule has 10 heteroatoms. The van der Waals surface area contributed by atoms with E-state index in [1.165, 1.54) is 18.3 Å². The molecule has 0 aliphatic heterocycles. The third-order valence-electron chi connectivity index (χ3n) is 4.71. The Labute approximate surface area is 194 Å². The molecule has 0 atom stereocenters. The molecule has 0 aliphatic rings. The van der Waals surface area contributed by atoms with Gasteiger partial charge in [-0.1, -0.05) is 6.07 Å². The van der Waals surface area contributed by atoms with Gasteiger partial charge in [0, 0.05) is 53.4 Å². The summed E-state index contributed by atoms with van der Waals surface area (Å²) in [5.41, 5.74) is 3.95. The minimum Gasteiger partial charge on any atom is -0.472 e. The normalized spacial score (nSPS) is 10.7. The maximum atomic E-state index is 12.7. The molecule has 0 spiro atoms. The number of pyridine rings is 2. The number of anilines is 3. The van der Waals surface area contributed by atoms with Gasteiger partial charge < -0.3 is 15.4 Å². The number of rotatable bonds is 8. The zero-order chi connectivity index (χ0) is 23.9. The lowest BCUT2D eigenvalue weighted by molar-refractivity contribution is 0.0795. The Balaban J connectivity index is 1.49. The minimum atomic E-state index is -2.63. The fourth-order valence-electron chi connectivity index (χ4n) is 3.03. The van der Waals surface area contributed by atoms with Crippen LogP contribution in [0.25, 0.3) is 11.3 Å². The van der Waals surface area contributed by atoms with Crippen LogP contribution in [0.2, 0.25) is 0 Å². The lowest BCUT2D eigenvalue weighted by Crippen LogP contribution is -2.13. The summed E-state index contributed by atoms with van der Waals surface area (Å²) in [7, 11) is 0. The highest BCUT2D eigenvalue weighted by Gasteiger charge is 2.12. The number of alkyl halides is 2. The van der Waals surface area contributed by atoms with Crippen LogP contribution in [0.1, 0.15) is 15.9 Å². The Morgan fingerprint density at radius 2 is 1.91 bits per heavy atom. The van der Waals surface area contributed by atoms with Crippen molar-refractivity contribution >= 4 is 23.2 Å². The van der Waals surface area contributed by atoms with Crippen molar-refractivity contribution in [3.63, 3.8) is 0 Å². The molecule has 0 bridgehead atoms. The molecule has 1 amide bonds. The largest absolute Gasteiger partial charge is 0.472 e. The number of amides is 1. The number of benzene rings is 1. The van der Waals surface area contributed by atoms with Crippen molar-refractivity contribution in [2.75, 3.05) is 17.2 Å². The molecule has 0 fully saturated rings. The molecule has 4 aromatic rings. The maximum absolute atomic E-state index is 12.7. The quantitative estimate of drug-likeness (QED) is 0.385. The molecule has 4 rings (SSSR count). The molecule has 8 nitrogen and oxygen atoms in total. The second-order valence-corrected chi connectivity index (χ2v) is 7.20. The summed E-state index contributed by atoms with van der Waals surface area (Å²) >= 11 is 0. The minimum absolute atomic E-state index is 0.0511. The van der Waals surface area contributed by atoms with Gasteiger partial charge in [0.05, 0.1) is 5.69 Å². The van der Waals surface area contributed by atoms with E-state index in [0.717, 1.165) is 16.8 Å². The first kappa shape index (κ1) is 22.7. The standard InChI is InChI=1S/C24H20F2N6O2/c1-15-4-5-18(30-23(33)16-6-9-28-22(11-16)34-14-21(25)26)12-20(15)32-24-29-10-7-19(31-24)17-3-2-8-27-13-17/h2-13,21H,14H2,1H3,(H,30,33)(H,29,31,32). The second-order valence-electron chi connectivity index (χ2n) is 7.20. The summed E-state index contributed by atoms with van der Waals surface area (Å²) in [5.74, 6) is -0.0957. The van der Waals surface area contributed by atoms with Crippen LogP contribution < -0.4 is 15.4 Å². The van der Waals surface area contributed by atoms with Crippen LogP contribution in [-0.4, -0.2) is 38.9 Å². The van der Waals surface area contributed by atoms with Crippen LogP contribution >= 0.6 is 0 Å². The first-order valence-corrected chi connectivity index (χ1v) is 10.3. The molecule has 3 heterocycles. The summed E-state index contributed by atoms with van der Waals surface area (Å²) in [5, 5.41) is 5.96. The van der Waals surface area contributed by atoms with E-state index in [9.17, 15) is 13.6 Å². The molecule has 34 heavy (non-hydrogen) atoms. The van der Waals surface area contributed by atoms with E-state index in [2.05, 4.69) is 30.6 Å². The topological polar surface area (TPSA) is 102 Å². The molecule has 2 N–H and O–H groups in total. The summed E-state index contributed by atoms with van der Waals surface area (Å²) < 4.78 is 29.6. The Morgan fingerprint density at radius 3 is 2.71 bits per heavy atom. The average Bonchev–Trinajstić information content (AvgIpc) is 2.86. The van der Waals surface area contributed by atoms with E-state index in [-0.39, 0.29) is 11.4 Å². The Bertz CT molecular complexity index is 1290. The molecular weight excluding hydrogens is 442 g/mol. The van der Waals surface area contributed by atoms with Crippen LogP contribution in [0.15, 0.2) is 73.3 Å². The number of halogens is 2. The van der Waals surface area contributed by atoms with Crippen LogP contribution in [0.3, 0.4) is 0 Å². The molecule has 172 valence electrons. The molecule has 0 saturated carbocycles. The van der Waals surface area contributed by atoms with Crippen molar-refractivity contribution in [3.05, 3.63) is 84.4 Å². The first-order valence-electron chi connectivity index (χ1n) is 10.3. The maximum Gasteiger partial charge on any atom is 0.272 e. The molecule has 0 radical (unpaired) electrons. The van der Waals surface area contributed by atoms with E-state index in [1.54, 1.807) is 36.8 Å². The highest BCUT2D eigenvalue weighted by Crippen LogP contribution is 2.25. The van der Waals surface area contributed by atoms with Gasteiger partial charge in [0.25, 0.3) is 12.3 Å². The summed E-state index contributed by atoms with van der Waals surface area (Å²) in [6.45, 7) is 1.11. The lowest BCUT2D eigenvalue weighted by Gasteiger charge is -2.12. The number of carbonyl (C=O) groups excluding carboxylic acids is 1. The van der Waals surface area contributed by atoms with Crippen molar-refractivity contribution in [3.8, 4) is 17.1 Å². The van der Waals surface area contributed by atoms with Gasteiger partial charge in [0.2, 0.25) is 11.8 Å². The van der Waals surface area contributed by atoms with E-state index < -0.39 is 18.9 Å². The number of hydrogen-bond donors (Lipinski definition) is 2. The predicted octanol–water partition coefficient (Wildman–Crippen LogP) is 4.88. The third-order valence-corrected chi connectivity index (χ3v) is 4.71. The molecule has 1 aromatic carbocycles. The molecule has 0 saturated heterocycles. The van der Waals surface area contributed by atoms with Crippen LogP contribution in [-0.2, 0) is 0 Å². The Morgan fingerprint density at radius 1 is 1.06 bits per heavy atom. The number of ether oxygens (including phenoxy) is 1. The van der Waals surface area contributed by atoms with Crippen molar-refractivity contribution < 1.29 is 18.3 Å². The van der Waals surface area contributed by atoms with E-state index in [1.807, 2.05) is 25.1 Å². The third kappa shape index (κ3) is 5.85. The SMILES string of the molecule is Cc1ccc(NC(=O)c2ccnc(OCC(F)F)c2)cc1Nc1nccc(-c2cccnc2)n1. The van der Waals surface area contributed by atoms with E-state index in [4.69, 9.17) is 4.74 Å². The van der Waals surface area contributed by atoms with Gasteiger partial charge in [-0.3, -0.25) is 9.78 Å². The van der Waals surface area contributed by atoms with Gasteiger partial charge in [-0.15, -0.1) is 0 Å². The van der Waals surface area contributed by atoms with Crippen LogP contribution in [0.4, 0.5) is 26.1 Å². The molecular formula is C24H20F2N6O2. The van der Waals surface area contributed by atoms with Crippen molar-refractivity contribution in [1.82, 2.24) is 19.9 Å². The van der Waals surface area contributed by atoms with Crippen molar-refractivity contribution in [2.45, 2.75) is 13.3 Å².